The van der Waals surface area contributed by atoms with E-state index in [1.807, 2.05) is 23.1 Å². The van der Waals surface area contributed by atoms with Crippen LogP contribution in [0.5, 0.6) is 0 Å². The van der Waals surface area contributed by atoms with Gasteiger partial charge in [0.25, 0.3) is 0 Å². The molecule has 1 aliphatic carbocycles. The van der Waals surface area contributed by atoms with Crippen molar-refractivity contribution >= 4 is 18.3 Å². The van der Waals surface area contributed by atoms with Crippen LogP contribution in [0.25, 0.3) is 0 Å². The molecule has 0 radical (unpaired) electrons. The lowest BCUT2D eigenvalue weighted by atomic mass is 9.75. The number of rotatable bonds is 4. The maximum Gasteiger partial charge on any atom is 0.240 e. The lowest BCUT2D eigenvalue weighted by Gasteiger charge is -2.41. The average Bonchev–Trinajstić information content (AvgIpc) is 3.00. The zero-order chi connectivity index (χ0) is 17.2. The van der Waals surface area contributed by atoms with Crippen molar-refractivity contribution in [2.45, 2.75) is 70.8 Å². The molecule has 1 aliphatic heterocycles. The summed E-state index contributed by atoms with van der Waals surface area (Å²) >= 11 is 0. The minimum Gasteiger partial charge on any atom is -0.334 e. The summed E-state index contributed by atoms with van der Waals surface area (Å²) < 4.78 is 13.5. The van der Waals surface area contributed by atoms with Crippen LogP contribution in [0, 0.1) is 5.41 Å². The summed E-state index contributed by atoms with van der Waals surface area (Å²) in [6.45, 7) is 5.53. The average molecular weight is 369 g/mol. The fourth-order valence-corrected chi connectivity index (χ4v) is 3.94. The Morgan fingerprint density at radius 3 is 2.44 bits per heavy atom. The van der Waals surface area contributed by atoms with Gasteiger partial charge in [0, 0.05) is 25.6 Å². The molecule has 5 heteroatoms. The third-order valence-electron chi connectivity index (χ3n) is 5.60. The maximum atomic E-state index is 13.5. The van der Waals surface area contributed by atoms with Crippen LogP contribution >= 0.6 is 12.4 Å². The van der Waals surface area contributed by atoms with Gasteiger partial charge in [0.2, 0.25) is 5.91 Å². The topological polar surface area (TPSA) is 32.3 Å². The Morgan fingerprint density at radius 1 is 1.24 bits per heavy atom. The number of benzene rings is 1. The number of hydrogen-bond donors (Lipinski definition) is 1. The molecule has 25 heavy (non-hydrogen) atoms. The Hall–Kier alpha value is -1.13. The normalized spacial score (nSPS) is 26.0. The Kier molecular flexibility index (Phi) is 6.86. The molecule has 0 spiro atoms. The van der Waals surface area contributed by atoms with E-state index in [2.05, 4.69) is 31.3 Å². The zero-order valence-corrected chi connectivity index (χ0v) is 16.0. The molecule has 1 aromatic rings. The van der Waals surface area contributed by atoms with Crippen molar-refractivity contribution in [1.29, 1.82) is 0 Å². The lowest BCUT2D eigenvalue weighted by Crippen LogP contribution is -2.49. The molecule has 2 aliphatic rings. The van der Waals surface area contributed by atoms with Crippen molar-refractivity contribution in [2.75, 3.05) is 6.54 Å². The van der Waals surface area contributed by atoms with E-state index >= 15 is 0 Å². The van der Waals surface area contributed by atoms with Gasteiger partial charge in [-0.05, 0) is 36.7 Å². The van der Waals surface area contributed by atoms with E-state index in [1.54, 1.807) is 0 Å². The largest absolute Gasteiger partial charge is 0.334 e. The molecule has 3 rings (SSSR count). The molecule has 2 atom stereocenters. The standard InChI is InChI=1S/C20H29FN2O.ClH/c1-20(2)10-8-17(9-11-20)23(14-15-6-4-3-5-7-15)19(24)18-12-16(21)13-22-18;/h3-7,16-18,22H,8-14H2,1-2H3;1H. The van der Waals surface area contributed by atoms with E-state index in [9.17, 15) is 9.18 Å². The van der Waals surface area contributed by atoms with Gasteiger partial charge in [-0.3, -0.25) is 4.79 Å². The van der Waals surface area contributed by atoms with Crippen LogP contribution in [0.2, 0.25) is 0 Å². The predicted octanol–water partition coefficient (Wildman–Crippen LogP) is 4.11. The predicted molar refractivity (Wildman–Crippen MR) is 102 cm³/mol. The molecule has 2 fully saturated rings. The van der Waals surface area contributed by atoms with E-state index in [0.29, 0.717) is 24.9 Å². The van der Waals surface area contributed by atoms with Crippen molar-refractivity contribution in [3.63, 3.8) is 0 Å². The van der Waals surface area contributed by atoms with Crippen molar-refractivity contribution in [1.82, 2.24) is 10.2 Å². The smallest absolute Gasteiger partial charge is 0.240 e. The quantitative estimate of drug-likeness (QED) is 0.867. The van der Waals surface area contributed by atoms with Gasteiger partial charge >= 0.3 is 0 Å². The molecule has 0 bridgehead atoms. The van der Waals surface area contributed by atoms with Gasteiger partial charge in [-0.15, -0.1) is 12.4 Å². The first-order chi connectivity index (χ1) is 11.4. The van der Waals surface area contributed by atoms with Crippen LogP contribution in [0.15, 0.2) is 30.3 Å². The number of amides is 1. The fourth-order valence-electron chi connectivity index (χ4n) is 3.94. The van der Waals surface area contributed by atoms with Crippen LogP contribution in [0.1, 0.15) is 51.5 Å². The van der Waals surface area contributed by atoms with Crippen molar-refractivity contribution in [3.8, 4) is 0 Å². The Balaban J connectivity index is 0.00000225. The second-order valence-corrected chi connectivity index (χ2v) is 8.14. The summed E-state index contributed by atoms with van der Waals surface area (Å²) in [4.78, 5) is 15.1. The van der Waals surface area contributed by atoms with Gasteiger partial charge in [-0.1, -0.05) is 44.2 Å². The molecular formula is C20H30ClFN2O. The number of nitrogens with zero attached hydrogens (tertiary/aromatic N) is 1. The van der Waals surface area contributed by atoms with E-state index in [1.165, 1.54) is 0 Å². The molecule has 1 amide bonds. The molecule has 1 heterocycles. The summed E-state index contributed by atoms with van der Waals surface area (Å²) in [6.07, 6.45) is 3.76. The highest BCUT2D eigenvalue weighted by Crippen LogP contribution is 2.37. The first kappa shape index (κ1) is 20.2. The Morgan fingerprint density at radius 2 is 1.88 bits per heavy atom. The minimum absolute atomic E-state index is 0. The monoisotopic (exact) mass is 368 g/mol. The van der Waals surface area contributed by atoms with Crippen LogP contribution in [-0.2, 0) is 11.3 Å². The fraction of sp³-hybridized carbons (Fsp3) is 0.650. The Labute approximate surface area is 156 Å². The zero-order valence-electron chi connectivity index (χ0n) is 15.2. The summed E-state index contributed by atoms with van der Waals surface area (Å²) in [6, 6.07) is 10.0. The van der Waals surface area contributed by atoms with Gasteiger partial charge in [0.05, 0.1) is 6.04 Å². The number of alkyl halides is 1. The number of halogens is 2. The van der Waals surface area contributed by atoms with Crippen LogP contribution < -0.4 is 5.32 Å². The van der Waals surface area contributed by atoms with Crippen LogP contribution in [0.3, 0.4) is 0 Å². The maximum absolute atomic E-state index is 13.5. The highest BCUT2D eigenvalue weighted by Gasteiger charge is 2.37. The Bertz CT molecular complexity index is 556. The van der Waals surface area contributed by atoms with E-state index in [-0.39, 0.29) is 30.4 Å². The lowest BCUT2D eigenvalue weighted by molar-refractivity contribution is -0.137. The molecule has 1 saturated carbocycles. The molecular weight excluding hydrogens is 339 g/mol. The number of carbonyl (C=O) groups excluding carboxylic acids is 1. The SMILES string of the molecule is CC1(C)CCC(N(Cc2ccccc2)C(=O)C2CC(F)CN2)CC1.Cl. The van der Waals surface area contributed by atoms with E-state index in [0.717, 1.165) is 31.2 Å². The highest BCUT2D eigenvalue weighted by atomic mass is 35.5. The number of carbonyl (C=O) groups is 1. The second-order valence-electron chi connectivity index (χ2n) is 8.14. The van der Waals surface area contributed by atoms with Crippen molar-refractivity contribution in [3.05, 3.63) is 35.9 Å². The second kappa shape index (κ2) is 8.50. The van der Waals surface area contributed by atoms with Gasteiger partial charge in [-0.25, -0.2) is 4.39 Å². The summed E-state index contributed by atoms with van der Waals surface area (Å²) in [5.41, 5.74) is 1.51. The minimum atomic E-state index is -0.900. The summed E-state index contributed by atoms with van der Waals surface area (Å²) in [5.74, 6) is 0.0729. The van der Waals surface area contributed by atoms with Crippen LogP contribution in [0.4, 0.5) is 4.39 Å². The van der Waals surface area contributed by atoms with Gasteiger partial charge < -0.3 is 10.2 Å². The number of hydrogen-bond acceptors (Lipinski definition) is 2. The van der Waals surface area contributed by atoms with Crippen molar-refractivity contribution < 1.29 is 9.18 Å². The molecule has 140 valence electrons. The molecule has 2 unspecified atom stereocenters. The summed E-state index contributed by atoms with van der Waals surface area (Å²) in [7, 11) is 0. The van der Waals surface area contributed by atoms with Gasteiger partial charge in [0.15, 0.2) is 0 Å². The third kappa shape index (κ3) is 5.18. The van der Waals surface area contributed by atoms with Crippen LogP contribution in [-0.4, -0.2) is 35.6 Å². The summed E-state index contributed by atoms with van der Waals surface area (Å²) in [5, 5.41) is 3.06. The third-order valence-corrected chi connectivity index (χ3v) is 5.60. The van der Waals surface area contributed by atoms with Gasteiger partial charge in [0.1, 0.15) is 6.17 Å². The molecule has 0 aromatic heterocycles. The highest BCUT2D eigenvalue weighted by molar-refractivity contribution is 5.85. The number of nitrogens with one attached hydrogen (secondary N) is 1. The molecule has 3 nitrogen and oxygen atoms in total. The first-order valence-electron chi connectivity index (χ1n) is 9.16. The first-order valence-corrected chi connectivity index (χ1v) is 9.16. The van der Waals surface area contributed by atoms with Crippen molar-refractivity contribution in [2.24, 2.45) is 5.41 Å². The van der Waals surface area contributed by atoms with E-state index in [4.69, 9.17) is 0 Å². The van der Waals surface area contributed by atoms with E-state index < -0.39 is 6.17 Å². The molecule has 1 aromatic carbocycles. The molecule has 1 saturated heterocycles. The molecule has 1 N–H and O–H groups in total. The van der Waals surface area contributed by atoms with Gasteiger partial charge in [-0.2, -0.15) is 0 Å².